The molecule has 0 saturated carbocycles. The molecule has 0 unspecified atom stereocenters. The lowest BCUT2D eigenvalue weighted by atomic mass is 9.99. The minimum Gasteiger partial charge on any atom is -0.480 e. The fourth-order valence-corrected chi connectivity index (χ4v) is 2.28. The van der Waals surface area contributed by atoms with E-state index >= 15 is 0 Å². The molecule has 2 atom stereocenters. The van der Waals surface area contributed by atoms with Crippen molar-refractivity contribution >= 4 is 49.5 Å². The molecule has 0 radical (unpaired) electrons. The first kappa shape index (κ1) is 17.0. The van der Waals surface area contributed by atoms with Crippen molar-refractivity contribution in [1.29, 1.82) is 0 Å². The zero-order chi connectivity index (χ0) is 15.3. The second-order valence-corrected chi connectivity index (χ2v) is 6.19. The highest BCUT2D eigenvalue weighted by molar-refractivity contribution is 9.11. The molecule has 0 aliphatic heterocycles. The van der Waals surface area contributed by atoms with E-state index in [2.05, 4.69) is 42.5 Å². The number of halogens is 2. The molecule has 0 fully saturated rings. The van der Waals surface area contributed by atoms with Crippen LogP contribution in [0.15, 0.2) is 27.1 Å². The quantitative estimate of drug-likeness (QED) is 0.693. The summed E-state index contributed by atoms with van der Waals surface area (Å²) in [6.45, 7) is 3.67. The lowest BCUT2D eigenvalue weighted by molar-refractivity contribution is -0.140. The number of amides is 2. The number of urea groups is 1. The Kier molecular flexibility index (Phi) is 6.48. The molecular weight excluding hydrogens is 392 g/mol. The molecule has 20 heavy (non-hydrogen) atoms. The number of aliphatic carboxylic acids is 1. The Hall–Kier alpha value is -1.08. The number of hydrogen-bond donors (Lipinski definition) is 3. The smallest absolute Gasteiger partial charge is 0.326 e. The van der Waals surface area contributed by atoms with Crippen molar-refractivity contribution in [3.63, 3.8) is 0 Å². The Morgan fingerprint density at radius 1 is 1.35 bits per heavy atom. The standard InChI is InChI=1S/C13H16Br2N2O3/c1-3-7(2)11(12(18)19)17-13(20)16-10-6-8(14)4-5-9(10)15/h4-7,11H,3H2,1-2H3,(H,18,19)(H2,16,17,20)/t7-,11-/m0/s1. The monoisotopic (exact) mass is 406 g/mol. The molecule has 0 spiro atoms. The molecule has 110 valence electrons. The van der Waals surface area contributed by atoms with Gasteiger partial charge in [-0.05, 0) is 40.0 Å². The lowest BCUT2D eigenvalue weighted by Gasteiger charge is -2.20. The van der Waals surface area contributed by atoms with Crippen molar-refractivity contribution in [2.75, 3.05) is 5.32 Å². The Balaban J connectivity index is 2.75. The van der Waals surface area contributed by atoms with Crippen LogP contribution in [0.1, 0.15) is 20.3 Å². The first-order chi connectivity index (χ1) is 9.35. The maximum atomic E-state index is 11.9. The number of carbonyl (C=O) groups excluding carboxylic acids is 1. The Morgan fingerprint density at radius 3 is 2.55 bits per heavy atom. The second kappa shape index (κ2) is 7.64. The van der Waals surface area contributed by atoms with Crippen molar-refractivity contribution in [3.8, 4) is 0 Å². The average Bonchev–Trinajstić information content (AvgIpc) is 2.39. The SMILES string of the molecule is CC[C@H](C)[C@H](NC(=O)Nc1cc(Br)ccc1Br)C(=O)O. The van der Waals surface area contributed by atoms with Gasteiger partial charge in [-0.3, -0.25) is 0 Å². The van der Waals surface area contributed by atoms with Gasteiger partial charge in [0.2, 0.25) is 0 Å². The molecule has 0 saturated heterocycles. The Labute approximate surface area is 134 Å². The first-order valence-corrected chi connectivity index (χ1v) is 7.69. The van der Waals surface area contributed by atoms with E-state index in [1.165, 1.54) is 0 Å². The van der Waals surface area contributed by atoms with Crippen LogP contribution < -0.4 is 10.6 Å². The molecule has 2 amide bonds. The van der Waals surface area contributed by atoms with Crippen LogP contribution in [-0.4, -0.2) is 23.1 Å². The summed E-state index contributed by atoms with van der Waals surface area (Å²) in [4.78, 5) is 23.0. The molecule has 1 rings (SSSR count). The molecule has 5 nitrogen and oxygen atoms in total. The molecule has 1 aromatic carbocycles. The van der Waals surface area contributed by atoms with Gasteiger partial charge in [0.1, 0.15) is 6.04 Å². The molecule has 7 heteroatoms. The second-order valence-electron chi connectivity index (χ2n) is 4.42. The van der Waals surface area contributed by atoms with E-state index in [-0.39, 0.29) is 5.92 Å². The maximum Gasteiger partial charge on any atom is 0.326 e. The minimum absolute atomic E-state index is 0.149. The third-order valence-electron chi connectivity index (χ3n) is 2.94. The largest absolute Gasteiger partial charge is 0.480 e. The van der Waals surface area contributed by atoms with Crippen LogP contribution in [0, 0.1) is 5.92 Å². The van der Waals surface area contributed by atoms with Gasteiger partial charge in [-0.1, -0.05) is 36.2 Å². The van der Waals surface area contributed by atoms with Crippen molar-refractivity contribution in [2.45, 2.75) is 26.3 Å². The first-order valence-electron chi connectivity index (χ1n) is 6.10. The lowest BCUT2D eigenvalue weighted by Crippen LogP contribution is -2.46. The number of benzene rings is 1. The topological polar surface area (TPSA) is 78.4 Å². The minimum atomic E-state index is -1.04. The van der Waals surface area contributed by atoms with Crippen molar-refractivity contribution in [3.05, 3.63) is 27.1 Å². The summed E-state index contributed by atoms with van der Waals surface area (Å²) in [6, 6.07) is 3.88. The summed E-state index contributed by atoms with van der Waals surface area (Å²) in [5.74, 6) is -1.19. The molecule has 0 heterocycles. The summed E-state index contributed by atoms with van der Waals surface area (Å²) < 4.78 is 1.53. The molecule has 0 bridgehead atoms. The fraction of sp³-hybridized carbons (Fsp3) is 0.385. The molecule has 0 aliphatic carbocycles. The van der Waals surface area contributed by atoms with Crippen LogP contribution in [0.5, 0.6) is 0 Å². The van der Waals surface area contributed by atoms with Crippen LogP contribution in [0.4, 0.5) is 10.5 Å². The van der Waals surface area contributed by atoms with E-state index in [0.717, 1.165) is 4.47 Å². The number of carbonyl (C=O) groups is 2. The van der Waals surface area contributed by atoms with Gasteiger partial charge in [-0.15, -0.1) is 0 Å². The van der Waals surface area contributed by atoms with E-state index in [9.17, 15) is 9.59 Å². The number of rotatable bonds is 5. The molecule has 1 aromatic rings. The highest BCUT2D eigenvalue weighted by atomic mass is 79.9. The zero-order valence-electron chi connectivity index (χ0n) is 11.1. The number of carboxylic acid groups (broad SMARTS) is 1. The van der Waals surface area contributed by atoms with Crippen LogP contribution in [-0.2, 0) is 4.79 Å². The van der Waals surface area contributed by atoms with Gasteiger partial charge in [0.05, 0.1) is 5.69 Å². The van der Waals surface area contributed by atoms with E-state index < -0.39 is 18.0 Å². The number of anilines is 1. The summed E-state index contributed by atoms with van der Waals surface area (Å²) >= 11 is 6.63. The van der Waals surface area contributed by atoms with Crippen LogP contribution >= 0.6 is 31.9 Å². The van der Waals surface area contributed by atoms with Gasteiger partial charge >= 0.3 is 12.0 Å². The van der Waals surface area contributed by atoms with Crippen LogP contribution in [0.2, 0.25) is 0 Å². The highest BCUT2D eigenvalue weighted by Crippen LogP contribution is 2.26. The van der Waals surface area contributed by atoms with E-state index in [1.807, 2.05) is 13.0 Å². The van der Waals surface area contributed by atoms with Crippen molar-refractivity contribution in [2.24, 2.45) is 5.92 Å². The van der Waals surface area contributed by atoms with Gasteiger partial charge in [0.25, 0.3) is 0 Å². The summed E-state index contributed by atoms with van der Waals surface area (Å²) in [7, 11) is 0. The maximum absolute atomic E-state index is 11.9. The average molecular weight is 408 g/mol. The van der Waals surface area contributed by atoms with Gasteiger partial charge in [0, 0.05) is 8.95 Å². The summed E-state index contributed by atoms with van der Waals surface area (Å²) in [5, 5.41) is 14.2. The third kappa shape index (κ3) is 4.79. The predicted molar refractivity (Wildman–Crippen MR) is 84.9 cm³/mol. The fourth-order valence-electron chi connectivity index (χ4n) is 1.58. The van der Waals surface area contributed by atoms with E-state index in [0.29, 0.717) is 16.6 Å². The number of hydrogen-bond acceptors (Lipinski definition) is 2. The zero-order valence-corrected chi connectivity index (χ0v) is 14.3. The van der Waals surface area contributed by atoms with E-state index in [1.54, 1.807) is 19.1 Å². The van der Waals surface area contributed by atoms with Gasteiger partial charge < -0.3 is 15.7 Å². The van der Waals surface area contributed by atoms with E-state index in [4.69, 9.17) is 5.11 Å². The van der Waals surface area contributed by atoms with Gasteiger partial charge in [0.15, 0.2) is 0 Å². The Bertz CT molecular complexity index is 508. The van der Waals surface area contributed by atoms with Gasteiger partial charge in [-0.2, -0.15) is 0 Å². The molecule has 3 N–H and O–H groups in total. The third-order valence-corrected chi connectivity index (χ3v) is 4.13. The Morgan fingerprint density at radius 2 is 2.00 bits per heavy atom. The van der Waals surface area contributed by atoms with Crippen molar-refractivity contribution in [1.82, 2.24) is 5.32 Å². The number of carboxylic acids is 1. The van der Waals surface area contributed by atoms with Crippen molar-refractivity contribution < 1.29 is 14.7 Å². The summed E-state index contributed by atoms with van der Waals surface area (Å²) in [6.07, 6.45) is 0.665. The number of nitrogens with one attached hydrogen (secondary N) is 2. The van der Waals surface area contributed by atoms with Crippen LogP contribution in [0.25, 0.3) is 0 Å². The molecule has 0 aliphatic rings. The normalized spacial score (nSPS) is 13.4. The van der Waals surface area contributed by atoms with Gasteiger partial charge in [-0.25, -0.2) is 9.59 Å². The van der Waals surface area contributed by atoms with Crippen LogP contribution in [0.3, 0.4) is 0 Å². The molecule has 0 aromatic heterocycles. The summed E-state index contributed by atoms with van der Waals surface area (Å²) in [5.41, 5.74) is 0.560. The predicted octanol–water partition coefficient (Wildman–Crippen LogP) is 3.83. The highest BCUT2D eigenvalue weighted by Gasteiger charge is 2.25. The molecular formula is C13H16Br2N2O3.